The number of pyridine rings is 1. The first-order chi connectivity index (χ1) is 12.7. The van der Waals surface area contributed by atoms with Crippen LogP contribution < -0.4 is 16.6 Å². The van der Waals surface area contributed by atoms with Gasteiger partial charge in [0.2, 0.25) is 0 Å². The maximum atomic E-state index is 14.8. The number of hydrogen-bond donors (Lipinski definition) is 3. The molecule has 1 aliphatic rings. The third-order valence-corrected chi connectivity index (χ3v) is 5.56. The molecule has 1 aliphatic heterocycles. The number of benzene rings is 1. The first kappa shape index (κ1) is 19.4. The first-order valence-electron chi connectivity index (χ1n) is 8.79. The Balaban J connectivity index is 2.47. The van der Waals surface area contributed by atoms with Crippen LogP contribution in [0, 0.1) is 11.7 Å². The molecule has 0 bridgehead atoms. The fourth-order valence-corrected chi connectivity index (χ4v) is 4.17. The van der Waals surface area contributed by atoms with Gasteiger partial charge in [0.15, 0.2) is 0 Å². The van der Waals surface area contributed by atoms with Crippen LogP contribution in [0.15, 0.2) is 35.3 Å². The number of anilines is 2. The summed E-state index contributed by atoms with van der Waals surface area (Å²) < 4.78 is 58.3. The Labute approximate surface area is 153 Å². The van der Waals surface area contributed by atoms with Gasteiger partial charge >= 0.3 is 6.18 Å². The topological polar surface area (TPSA) is 70.9 Å². The number of aromatic nitrogens is 1. The van der Waals surface area contributed by atoms with E-state index in [1.54, 1.807) is 13.8 Å². The monoisotopic (exact) mass is 383 g/mol. The van der Waals surface area contributed by atoms with Crippen LogP contribution >= 0.6 is 0 Å². The third-order valence-electron chi connectivity index (χ3n) is 5.56. The van der Waals surface area contributed by atoms with Crippen LogP contribution in [0.4, 0.5) is 28.9 Å². The molecule has 1 aromatic heterocycles. The molecule has 0 saturated heterocycles. The predicted octanol–water partition coefficient (Wildman–Crippen LogP) is 4.18. The van der Waals surface area contributed by atoms with E-state index >= 15 is 0 Å². The molecule has 0 radical (unpaired) electrons. The molecule has 0 amide bonds. The van der Waals surface area contributed by atoms with Crippen molar-refractivity contribution in [1.82, 2.24) is 4.98 Å². The molecule has 0 aliphatic carbocycles. The highest BCUT2D eigenvalue weighted by atomic mass is 19.4. The van der Waals surface area contributed by atoms with Crippen molar-refractivity contribution in [2.75, 3.05) is 5.32 Å². The highest BCUT2D eigenvalue weighted by Crippen LogP contribution is 2.56. The number of nitrogens with one attached hydrogen (secondary N) is 2. The first-order valence-corrected chi connectivity index (χ1v) is 8.79. The van der Waals surface area contributed by atoms with Crippen molar-refractivity contribution in [1.29, 1.82) is 0 Å². The lowest BCUT2D eigenvalue weighted by atomic mass is 9.62. The fraction of sp³-hybridized carbons (Fsp3) is 0.421. The summed E-state index contributed by atoms with van der Waals surface area (Å²) in [5.41, 5.74) is 2.13. The van der Waals surface area contributed by atoms with Gasteiger partial charge in [-0.2, -0.15) is 13.2 Å². The summed E-state index contributed by atoms with van der Waals surface area (Å²) >= 11 is 0. The molecule has 146 valence electrons. The molecule has 27 heavy (non-hydrogen) atoms. The number of nitrogens with two attached hydrogens (primary N) is 1. The Kier molecular flexibility index (Phi) is 4.80. The van der Waals surface area contributed by atoms with Crippen LogP contribution in [-0.2, 0) is 5.41 Å². The van der Waals surface area contributed by atoms with Crippen LogP contribution in [0.25, 0.3) is 0 Å². The van der Waals surface area contributed by atoms with E-state index in [1.807, 2.05) is 0 Å². The van der Waals surface area contributed by atoms with Crippen LogP contribution in [0.3, 0.4) is 0 Å². The van der Waals surface area contributed by atoms with Gasteiger partial charge < -0.3 is 16.0 Å². The summed E-state index contributed by atoms with van der Waals surface area (Å²) in [6.07, 6.45) is -2.84. The van der Waals surface area contributed by atoms with E-state index in [4.69, 9.17) is 5.73 Å². The molecule has 2 unspecified atom stereocenters. The van der Waals surface area contributed by atoms with E-state index in [2.05, 4.69) is 10.3 Å². The lowest BCUT2D eigenvalue weighted by molar-refractivity contribution is -0.188. The van der Waals surface area contributed by atoms with Crippen molar-refractivity contribution in [2.24, 2.45) is 11.7 Å². The number of H-pyrrole nitrogens is 1. The third kappa shape index (κ3) is 2.74. The molecule has 4 nitrogen and oxygen atoms in total. The zero-order valence-electron chi connectivity index (χ0n) is 15.0. The number of rotatable bonds is 4. The van der Waals surface area contributed by atoms with Crippen LogP contribution in [0.2, 0.25) is 0 Å². The summed E-state index contributed by atoms with van der Waals surface area (Å²) in [6.45, 7) is 3.54. The number of aromatic amines is 1. The van der Waals surface area contributed by atoms with Gasteiger partial charge in [-0.3, -0.25) is 4.79 Å². The van der Waals surface area contributed by atoms with E-state index < -0.39 is 34.9 Å². The lowest BCUT2D eigenvalue weighted by Gasteiger charge is -2.47. The Bertz CT molecular complexity index is 905. The molecule has 0 saturated carbocycles. The van der Waals surface area contributed by atoms with Crippen molar-refractivity contribution in [3.63, 3.8) is 0 Å². The molecule has 3 rings (SSSR count). The predicted molar refractivity (Wildman–Crippen MR) is 95.6 cm³/mol. The minimum absolute atomic E-state index is 0.0272. The molecule has 2 aromatic rings. The van der Waals surface area contributed by atoms with Crippen molar-refractivity contribution < 1.29 is 17.6 Å². The molecule has 1 aromatic carbocycles. The van der Waals surface area contributed by atoms with E-state index in [0.29, 0.717) is 12.8 Å². The Hall–Kier alpha value is -2.35. The average molecular weight is 383 g/mol. The fourth-order valence-electron chi connectivity index (χ4n) is 4.17. The summed E-state index contributed by atoms with van der Waals surface area (Å²) in [5.74, 6) is -1.28. The molecule has 2 heterocycles. The van der Waals surface area contributed by atoms with Gasteiger partial charge in [0, 0.05) is 23.5 Å². The molecular formula is C19H21F4N3O. The van der Waals surface area contributed by atoms with Crippen molar-refractivity contribution >= 4 is 11.4 Å². The molecule has 4 N–H and O–H groups in total. The molecule has 0 spiro atoms. The van der Waals surface area contributed by atoms with E-state index in [1.165, 1.54) is 12.1 Å². The van der Waals surface area contributed by atoms with Gasteiger partial charge in [0.25, 0.3) is 5.56 Å². The number of fused-ring (bicyclic) bond motifs is 2. The second-order valence-electron chi connectivity index (χ2n) is 6.82. The summed E-state index contributed by atoms with van der Waals surface area (Å²) in [5, 5.41) is 2.73. The van der Waals surface area contributed by atoms with Crippen LogP contribution in [0.5, 0.6) is 0 Å². The largest absolute Gasteiger partial charge is 0.404 e. The quantitative estimate of drug-likeness (QED) is 0.694. The molecular weight excluding hydrogens is 362 g/mol. The van der Waals surface area contributed by atoms with Crippen molar-refractivity contribution in [3.05, 3.63) is 57.8 Å². The minimum Gasteiger partial charge on any atom is -0.351 e. The second-order valence-corrected chi connectivity index (χ2v) is 6.82. The van der Waals surface area contributed by atoms with Gasteiger partial charge in [-0.05, 0) is 35.7 Å². The van der Waals surface area contributed by atoms with Gasteiger partial charge in [0.1, 0.15) is 16.9 Å². The van der Waals surface area contributed by atoms with Crippen LogP contribution in [-0.4, -0.2) is 17.2 Å². The van der Waals surface area contributed by atoms with Crippen molar-refractivity contribution in [3.8, 4) is 0 Å². The maximum absolute atomic E-state index is 14.8. The zero-order chi connectivity index (χ0) is 20.0. The van der Waals surface area contributed by atoms with Crippen LogP contribution in [0.1, 0.15) is 37.8 Å². The van der Waals surface area contributed by atoms with Crippen molar-refractivity contribution in [2.45, 2.75) is 44.3 Å². The SMILES string of the molecule is CCC(CC)C(N)C1(C(F)(F)F)c2cc(F)ccc2Nc2c1cc[nH]c2=O. The maximum Gasteiger partial charge on any atom is 0.404 e. The summed E-state index contributed by atoms with van der Waals surface area (Å²) in [7, 11) is 0. The highest BCUT2D eigenvalue weighted by molar-refractivity contribution is 5.76. The normalized spacial score (nSPS) is 20.0. The van der Waals surface area contributed by atoms with E-state index in [-0.39, 0.29) is 22.5 Å². The number of halogens is 4. The van der Waals surface area contributed by atoms with E-state index in [9.17, 15) is 22.4 Å². The molecule has 8 heteroatoms. The summed E-state index contributed by atoms with van der Waals surface area (Å²) in [6, 6.07) is 2.93. The highest BCUT2D eigenvalue weighted by Gasteiger charge is 2.64. The minimum atomic E-state index is -4.85. The van der Waals surface area contributed by atoms with Gasteiger partial charge in [-0.15, -0.1) is 0 Å². The smallest absolute Gasteiger partial charge is 0.351 e. The second kappa shape index (κ2) is 6.67. The Morgan fingerprint density at radius 2 is 1.81 bits per heavy atom. The van der Waals surface area contributed by atoms with Gasteiger partial charge in [0.05, 0.1) is 0 Å². The molecule has 2 atom stereocenters. The van der Waals surface area contributed by atoms with E-state index in [0.717, 1.165) is 18.3 Å². The zero-order valence-corrected chi connectivity index (χ0v) is 15.0. The Morgan fingerprint density at radius 1 is 1.15 bits per heavy atom. The molecule has 0 fully saturated rings. The lowest BCUT2D eigenvalue weighted by Crippen LogP contribution is -2.60. The standard InChI is InChI=1S/C19H21F4N3O/c1-3-10(4-2)16(24)18(19(21,22)23)12-7-8-25-17(27)15(12)26-14-6-5-11(20)9-13(14)18/h5-10,16,26H,3-4,24H2,1-2H3,(H,25,27). The summed E-state index contributed by atoms with van der Waals surface area (Å²) in [4.78, 5) is 14.7. The average Bonchev–Trinajstić information content (AvgIpc) is 2.60. The Morgan fingerprint density at radius 3 is 2.41 bits per heavy atom. The number of hydrogen-bond acceptors (Lipinski definition) is 3. The van der Waals surface area contributed by atoms with Gasteiger partial charge in [-0.1, -0.05) is 26.7 Å². The number of alkyl halides is 3. The van der Waals surface area contributed by atoms with Gasteiger partial charge in [-0.25, -0.2) is 4.39 Å².